The summed E-state index contributed by atoms with van der Waals surface area (Å²) in [5.74, 6) is -0.708. The van der Waals surface area contributed by atoms with Crippen LogP contribution in [0.1, 0.15) is 34.3 Å². The highest BCUT2D eigenvalue weighted by atomic mass is 19.4. The number of carbonyl (C=O) groups is 2. The molecule has 0 saturated carbocycles. The van der Waals surface area contributed by atoms with Gasteiger partial charge in [0.05, 0.1) is 11.5 Å². The van der Waals surface area contributed by atoms with Crippen LogP contribution in [-0.2, 0) is 11.0 Å². The number of ketones is 1. The van der Waals surface area contributed by atoms with E-state index in [-0.39, 0.29) is 18.0 Å². The zero-order chi connectivity index (χ0) is 22.2. The zero-order valence-electron chi connectivity index (χ0n) is 16.5. The second-order valence-corrected chi connectivity index (χ2v) is 7.30. The quantitative estimate of drug-likeness (QED) is 0.570. The Morgan fingerprint density at radius 2 is 1.84 bits per heavy atom. The third-order valence-electron chi connectivity index (χ3n) is 5.07. The first-order chi connectivity index (χ1) is 14.7. The van der Waals surface area contributed by atoms with Gasteiger partial charge in [0, 0.05) is 42.0 Å². The van der Waals surface area contributed by atoms with Crippen molar-refractivity contribution in [1.29, 1.82) is 0 Å². The van der Waals surface area contributed by atoms with E-state index in [1.807, 2.05) is 12.1 Å². The van der Waals surface area contributed by atoms with Gasteiger partial charge in [-0.15, -0.1) is 0 Å². The number of rotatable bonds is 4. The molecule has 0 aliphatic carbocycles. The molecule has 0 fully saturated rings. The maximum atomic E-state index is 13.0. The number of anilines is 2. The number of aromatic nitrogens is 1. The molecule has 5 nitrogen and oxygen atoms in total. The van der Waals surface area contributed by atoms with E-state index in [1.165, 1.54) is 19.1 Å². The van der Waals surface area contributed by atoms with Crippen LogP contribution in [0.2, 0.25) is 0 Å². The minimum Gasteiger partial charge on any atom is -0.369 e. The standard InChI is InChI=1S/C23H18F3N3O2/c1-13(30)29-18-7-3-4-14(9-18)16-10-19-20(12-28-22(19)27-11-16)21(31)15-5-2-6-17(8-15)23(24,25)26/h2-11,20H,12H2,1H3,(H,27,28)(H,29,30). The minimum atomic E-state index is -4.52. The van der Waals surface area contributed by atoms with Gasteiger partial charge in [-0.3, -0.25) is 9.59 Å². The maximum Gasteiger partial charge on any atom is 0.416 e. The Bertz CT molecular complexity index is 1170. The summed E-state index contributed by atoms with van der Waals surface area (Å²) in [4.78, 5) is 28.7. The molecule has 1 aliphatic rings. The summed E-state index contributed by atoms with van der Waals surface area (Å²) in [7, 11) is 0. The van der Waals surface area contributed by atoms with Gasteiger partial charge in [0.1, 0.15) is 5.82 Å². The van der Waals surface area contributed by atoms with Crippen molar-refractivity contribution in [2.45, 2.75) is 19.0 Å². The Morgan fingerprint density at radius 1 is 1.06 bits per heavy atom. The number of fused-ring (bicyclic) bond motifs is 1. The van der Waals surface area contributed by atoms with E-state index in [4.69, 9.17) is 0 Å². The molecule has 2 aromatic carbocycles. The Kier molecular flexibility index (Phi) is 5.22. The average molecular weight is 425 g/mol. The van der Waals surface area contributed by atoms with E-state index in [0.29, 0.717) is 17.1 Å². The van der Waals surface area contributed by atoms with Crippen molar-refractivity contribution in [3.63, 3.8) is 0 Å². The number of hydrogen-bond donors (Lipinski definition) is 2. The lowest BCUT2D eigenvalue weighted by Crippen LogP contribution is -2.16. The predicted octanol–water partition coefficient (Wildman–Crippen LogP) is 5.12. The molecule has 1 amide bonds. The molecule has 0 saturated heterocycles. The van der Waals surface area contributed by atoms with Crippen molar-refractivity contribution in [2.75, 3.05) is 17.2 Å². The minimum absolute atomic E-state index is 0.00698. The number of hydrogen-bond acceptors (Lipinski definition) is 4. The van der Waals surface area contributed by atoms with Crippen LogP contribution in [0.25, 0.3) is 11.1 Å². The molecule has 1 aromatic heterocycles. The maximum absolute atomic E-state index is 13.0. The zero-order valence-corrected chi connectivity index (χ0v) is 16.5. The van der Waals surface area contributed by atoms with Crippen LogP contribution in [0, 0.1) is 0 Å². The molecule has 2 heterocycles. The van der Waals surface area contributed by atoms with Crippen LogP contribution in [0.15, 0.2) is 60.8 Å². The molecule has 4 rings (SSSR count). The van der Waals surface area contributed by atoms with Gasteiger partial charge in [-0.1, -0.05) is 24.3 Å². The normalized spacial score (nSPS) is 15.2. The molecule has 2 N–H and O–H groups in total. The van der Waals surface area contributed by atoms with Gasteiger partial charge in [-0.25, -0.2) is 4.98 Å². The Hall–Kier alpha value is -3.68. The molecule has 0 radical (unpaired) electrons. The van der Waals surface area contributed by atoms with Crippen LogP contribution in [0.5, 0.6) is 0 Å². The average Bonchev–Trinajstić information content (AvgIpc) is 3.15. The van der Waals surface area contributed by atoms with E-state index < -0.39 is 23.4 Å². The molecule has 158 valence electrons. The lowest BCUT2D eigenvalue weighted by Gasteiger charge is -2.13. The van der Waals surface area contributed by atoms with E-state index in [0.717, 1.165) is 23.3 Å². The summed E-state index contributed by atoms with van der Waals surface area (Å²) in [6, 6.07) is 13.5. The van der Waals surface area contributed by atoms with E-state index in [1.54, 1.807) is 24.4 Å². The fourth-order valence-electron chi connectivity index (χ4n) is 3.63. The monoisotopic (exact) mass is 425 g/mol. The second kappa shape index (κ2) is 7.86. The number of nitrogens with one attached hydrogen (secondary N) is 2. The first-order valence-electron chi connectivity index (χ1n) is 9.55. The largest absolute Gasteiger partial charge is 0.416 e. The highest BCUT2D eigenvalue weighted by molar-refractivity contribution is 6.03. The topological polar surface area (TPSA) is 71.1 Å². The molecule has 8 heteroatoms. The number of alkyl halides is 3. The van der Waals surface area contributed by atoms with Crippen LogP contribution >= 0.6 is 0 Å². The Labute approximate surface area is 176 Å². The fraction of sp³-hybridized carbons (Fsp3) is 0.174. The lowest BCUT2D eigenvalue weighted by atomic mass is 9.91. The van der Waals surface area contributed by atoms with E-state index >= 15 is 0 Å². The summed E-state index contributed by atoms with van der Waals surface area (Å²) in [6.07, 6.45) is -2.87. The first kappa shape index (κ1) is 20.6. The Morgan fingerprint density at radius 3 is 2.58 bits per heavy atom. The van der Waals surface area contributed by atoms with Crippen molar-refractivity contribution in [1.82, 2.24) is 4.98 Å². The number of nitrogens with zero attached hydrogens (tertiary/aromatic N) is 1. The van der Waals surface area contributed by atoms with Crippen LogP contribution in [0.4, 0.5) is 24.7 Å². The Balaban J connectivity index is 1.66. The molecule has 1 atom stereocenters. The summed E-state index contributed by atoms with van der Waals surface area (Å²) >= 11 is 0. The van der Waals surface area contributed by atoms with Crippen LogP contribution in [-0.4, -0.2) is 23.2 Å². The number of amides is 1. The fourth-order valence-corrected chi connectivity index (χ4v) is 3.63. The van der Waals surface area contributed by atoms with Gasteiger partial charge < -0.3 is 10.6 Å². The van der Waals surface area contributed by atoms with Crippen molar-refractivity contribution >= 4 is 23.2 Å². The molecule has 31 heavy (non-hydrogen) atoms. The highest BCUT2D eigenvalue weighted by Crippen LogP contribution is 2.36. The third-order valence-corrected chi connectivity index (χ3v) is 5.07. The number of pyridine rings is 1. The summed E-state index contributed by atoms with van der Waals surface area (Å²) in [5, 5.41) is 5.77. The van der Waals surface area contributed by atoms with E-state index in [2.05, 4.69) is 15.6 Å². The summed E-state index contributed by atoms with van der Waals surface area (Å²) in [6.45, 7) is 1.67. The third kappa shape index (κ3) is 4.28. The van der Waals surface area contributed by atoms with Gasteiger partial charge in [-0.05, 0) is 35.9 Å². The highest BCUT2D eigenvalue weighted by Gasteiger charge is 2.34. The number of halogens is 3. The second-order valence-electron chi connectivity index (χ2n) is 7.30. The molecule has 3 aromatic rings. The molecular weight excluding hydrogens is 407 g/mol. The summed E-state index contributed by atoms with van der Waals surface area (Å²) in [5.41, 5.74) is 1.93. The van der Waals surface area contributed by atoms with Gasteiger partial charge in [-0.2, -0.15) is 13.2 Å². The predicted molar refractivity (Wildman–Crippen MR) is 111 cm³/mol. The SMILES string of the molecule is CC(=O)Nc1cccc(-c2cnc3c(c2)C(C(=O)c2cccc(C(F)(F)F)c2)CN3)c1. The van der Waals surface area contributed by atoms with Gasteiger partial charge in [0.2, 0.25) is 5.91 Å². The number of benzene rings is 2. The van der Waals surface area contributed by atoms with Crippen LogP contribution < -0.4 is 10.6 Å². The lowest BCUT2D eigenvalue weighted by molar-refractivity contribution is -0.137. The molecular formula is C23H18F3N3O2. The van der Waals surface area contributed by atoms with Gasteiger partial charge in [0.15, 0.2) is 5.78 Å². The van der Waals surface area contributed by atoms with Gasteiger partial charge >= 0.3 is 6.18 Å². The van der Waals surface area contributed by atoms with Crippen molar-refractivity contribution < 1.29 is 22.8 Å². The van der Waals surface area contributed by atoms with Crippen molar-refractivity contribution in [2.24, 2.45) is 0 Å². The number of Topliss-reactive ketones (excluding diaryl/α,β-unsaturated/α-hetero) is 1. The first-order valence-corrected chi connectivity index (χ1v) is 9.55. The smallest absolute Gasteiger partial charge is 0.369 e. The molecule has 1 aliphatic heterocycles. The van der Waals surface area contributed by atoms with E-state index in [9.17, 15) is 22.8 Å². The number of carbonyl (C=O) groups excluding carboxylic acids is 2. The van der Waals surface area contributed by atoms with Crippen LogP contribution in [0.3, 0.4) is 0 Å². The summed E-state index contributed by atoms with van der Waals surface area (Å²) < 4.78 is 39.1. The molecule has 0 spiro atoms. The molecule has 1 unspecified atom stereocenters. The molecule has 0 bridgehead atoms. The van der Waals surface area contributed by atoms with Crippen molar-refractivity contribution in [3.05, 3.63) is 77.5 Å². The van der Waals surface area contributed by atoms with Gasteiger partial charge in [0.25, 0.3) is 0 Å². The van der Waals surface area contributed by atoms with Crippen molar-refractivity contribution in [3.8, 4) is 11.1 Å².